The van der Waals surface area contributed by atoms with E-state index in [1.807, 2.05) is 43.5 Å². The molecule has 2 aromatic carbocycles. The van der Waals surface area contributed by atoms with Crippen LogP contribution in [0.2, 0.25) is 0 Å². The molecule has 0 aliphatic carbocycles. The summed E-state index contributed by atoms with van der Waals surface area (Å²) in [5, 5.41) is 0. The number of carbonyl (C=O) groups excluding carboxylic acids is 1. The first-order chi connectivity index (χ1) is 11.1. The summed E-state index contributed by atoms with van der Waals surface area (Å²) in [4.78, 5) is 16.7. The lowest BCUT2D eigenvalue weighted by Gasteiger charge is -2.01. The van der Waals surface area contributed by atoms with Gasteiger partial charge in [-0.15, -0.1) is 0 Å². The predicted molar refractivity (Wildman–Crippen MR) is 90.1 cm³/mol. The van der Waals surface area contributed by atoms with E-state index >= 15 is 0 Å². The fourth-order valence-electron chi connectivity index (χ4n) is 2.37. The van der Waals surface area contributed by atoms with Gasteiger partial charge in [-0.05, 0) is 18.8 Å². The Morgan fingerprint density at radius 3 is 2.09 bits per heavy atom. The molecule has 0 saturated carbocycles. The van der Waals surface area contributed by atoms with E-state index in [2.05, 4.69) is 36.2 Å². The molecule has 114 valence electrons. The summed E-state index contributed by atoms with van der Waals surface area (Å²) in [5.41, 5.74) is 5.09. The second-order valence-corrected chi connectivity index (χ2v) is 5.77. The zero-order chi connectivity index (χ0) is 16.2. The lowest BCUT2D eigenvalue weighted by molar-refractivity contribution is -0.686. The minimum absolute atomic E-state index is 0.0832. The van der Waals surface area contributed by atoms with E-state index in [0.717, 1.165) is 22.4 Å². The Morgan fingerprint density at radius 1 is 0.913 bits per heavy atom. The average Bonchev–Trinajstić information content (AvgIpc) is 2.57. The summed E-state index contributed by atoms with van der Waals surface area (Å²) in [6.07, 6.45) is 3.61. The van der Waals surface area contributed by atoms with Gasteiger partial charge >= 0.3 is 0 Å². The monoisotopic (exact) mass is 303 g/mol. The maximum Gasteiger partial charge on any atom is 0.287 e. The Labute approximate surface area is 136 Å². The molecule has 23 heavy (non-hydrogen) atoms. The van der Waals surface area contributed by atoms with Gasteiger partial charge in [0.05, 0.1) is 6.20 Å². The number of nitrogens with zero attached hydrogens (tertiary/aromatic N) is 2. The van der Waals surface area contributed by atoms with Crippen LogP contribution < -0.4 is 4.57 Å². The van der Waals surface area contributed by atoms with Gasteiger partial charge in [-0.3, -0.25) is 4.79 Å². The van der Waals surface area contributed by atoms with E-state index in [1.54, 1.807) is 10.9 Å². The SMILES string of the molecule is Cc1ccc(C(=O)C[n+]2ccc(-c3ccc(C)cc3)nc2)cc1. The van der Waals surface area contributed by atoms with Crippen molar-refractivity contribution in [3.63, 3.8) is 0 Å². The number of Topliss-reactive ketones (excluding diaryl/α,β-unsaturated/α-hetero) is 1. The van der Waals surface area contributed by atoms with Crippen molar-refractivity contribution in [3.05, 3.63) is 83.8 Å². The van der Waals surface area contributed by atoms with Gasteiger partial charge in [-0.1, -0.05) is 59.7 Å². The first kappa shape index (κ1) is 15.1. The van der Waals surface area contributed by atoms with Crippen LogP contribution in [0.25, 0.3) is 11.3 Å². The molecule has 0 spiro atoms. The quantitative estimate of drug-likeness (QED) is 0.546. The zero-order valence-electron chi connectivity index (χ0n) is 13.4. The fourth-order valence-corrected chi connectivity index (χ4v) is 2.37. The van der Waals surface area contributed by atoms with Crippen molar-refractivity contribution in [3.8, 4) is 11.3 Å². The number of aromatic nitrogens is 2. The van der Waals surface area contributed by atoms with Gasteiger partial charge in [0.1, 0.15) is 0 Å². The Balaban J connectivity index is 1.73. The van der Waals surface area contributed by atoms with Crippen molar-refractivity contribution in [1.29, 1.82) is 0 Å². The highest BCUT2D eigenvalue weighted by Crippen LogP contribution is 2.15. The molecule has 3 aromatic rings. The topological polar surface area (TPSA) is 33.8 Å². The molecule has 0 atom stereocenters. The average molecular weight is 303 g/mol. The van der Waals surface area contributed by atoms with Crippen molar-refractivity contribution in [2.24, 2.45) is 0 Å². The molecule has 0 bridgehead atoms. The highest BCUT2D eigenvalue weighted by molar-refractivity contribution is 5.95. The van der Waals surface area contributed by atoms with E-state index in [9.17, 15) is 4.79 Å². The van der Waals surface area contributed by atoms with Gasteiger partial charge in [0.2, 0.25) is 5.78 Å². The zero-order valence-corrected chi connectivity index (χ0v) is 13.4. The lowest BCUT2D eigenvalue weighted by Crippen LogP contribution is -2.37. The van der Waals surface area contributed by atoms with Crippen LogP contribution in [0.4, 0.5) is 0 Å². The first-order valence-electron chi connectivity index (χ1n) is 7.64. The molecule has 1 aromatic heterocycles. The number of hydrogen-bond donors (Lipinski definition) is 0. The van der Waals surface area contributed by atoms with E-state index in [-0.39, 0.29) is 5.78 Å². The van der Waals surface area contributed by atoms with Crippen molar-refractivity contribution in [2.45, 2.75) is 20.4 Å². The number of aryl methyl sites for hydroxylation is 2. The molecular formula is C20H19N2O+. The molecule has 0 aliphatic rings. The third kappa shape index (κ3) is 3.69. The standard InChI is InChI=1S/C20H19N2O/c1-15-3-7-17(8-4-15)19-11-12-22(14-21-19)13-20(23)18-9-5-16(2)6-10-18/h3-12,14H,13H2,1-2H3/q+1. The Kier molecular flexibility index (Phi) is 4.29. The largest absolute Gasteiger partial charge is 0.290 e. The number of benzene rings is 2. The van der Waals surface area contributed by atoms with E-state index in [1.165, 1.54) is 5.56 Å². The third-order valence-corrected chi connectivity index (χ3v) is 3.82. The maximum atomic E-state index is 12.3. The minimum atomic E-state index is 0.0832. The molecule has 0 saturated heterocycles. The summed E-state index contributed by atoms with van der Waals surface area (Å²) in [6.45, 7) is 4.37. The van der Waals surface area contributed by atoms with Crippen LogP contribution in [0.15, 0.2) is 67.1 Å². The molecule has 0 amide bonds. The van der Waals surface area contributed by atoms with Crippen molar-refractivity contribution in [2.75, 3.05) is 0 Å². The van der Waals surface area contributed by atoms with Crippen molar-refractivity contribution < 1.29 is 9.36 Å². The summed E-state index contributed by atoms with van der Waals surface area (Å²) in [7, 11) is 0. The number of hydrogen-bond acceptors (Lipinski definition) is 2. The van der Waals surface area contributed by atoms with Gasteiger partial charge in [0.25, 0.3) is 6.33 Å². The van der Waals surface area contributed by atoms with E-state index < -0.39 is 0 Å². The van der Waals surface area contributed by atoms with Crippen molar-refractivity contribution >= 4 is 5.78 Å². The summed E-state index contributed by atoms with van der Waals surface area (Å²) < 4.78 is 1.81. The fraction of sp³-hybridized carbons (Fsp3) is 0.150. The molecule has 1 heterocycles. The smallest absolute Gasteiger partial charge is 0.287 e. The molecule has 0 unspecified atom stereocenters. The Bertz CT molecular complexity index is 804. The van der Waals surface area contributed by atoms with Gasteiger partial charge in [0, 0.05) is 17.2 Å². The lowest BCUT2D eigenvalue weighted by atomic mass is 10.1. The molecule has 3 heteroatoms. The molecule has 0 fully saturated rings. The molecular weight excluding hydrogens is 284 g/mol. The summed E-state index contributed by atoms with van der Waals surface area (Å²) in [6, 6.07) is 17.8. The summed E-state index contributed by atoms with van der Waals surface area (Å²) in [5.74, 6) is 0.0832. The molecule has 3 rings (SSSR count). The Morgan fingerprint density at radius 2 is 1.52 bits per heavy atom. The minimum Gasteiger partial charge on any atom is -0.290 e. The highest BCUT2D eigenvalue weighted by atomic mass is 16.1. The van der Waals surface area contributed by atoms with Gasteiger partial charge in [-0.2, -0.15) is 0 Å². The van der Waals surface area contributed by atoms with Gasteiger partial charge in [0.15, 0.2) is 12.2 Å². The van der Waals surface area contributed by atoms with Crippen LogP contribution in [0.1, 0.15) is 21.5 Å². The van der Waals surface area contributed by atoms with Gasteiger partial charge < -0.3 is 0 Å². The second kappa shape index (κ2) is 6.53. The van der Waals surface area contributed by atoms with Crippen LogP contribution in [-0.2, 0) is 6.54 Å². The number of rotatable bonds is 4. The van der Waals surface area contributed by atoms with Crippen LogP contribution in [-0.4, -0.2) is 10.8 Å². The Hall–Kier alpha value is -2.81. The highest BCUT2D eigenvalue weighted by Gasteiger charge is 2.11. The predicted octanol–water partition coefficient (Wildman–Crippen LogP) is 3.54. The number of carbonyl (C=O) groups is 1. The third-order valence-electron chi connectivity index (χ3n) is 3.82. The normalized spacial score (nSPS) is 10.5. The maximum absolute atomic E-state index is 12.3. The second-order valence-electron chi connectivity index (χ2n) is 5.77. The van der Waals surface area contributed by atoms with Crippen LogP contribution in [0.3, 0.4) is 0 Å². The molecule has 3 nitrogen and oxygen atoms in total. The molecule has 0 N–H and O–H groups in total. The van der Waals surface area contributed by atoms with E-state index in [0.29, 0.717) is 6.54 Å². The molecule has 0 radical (unpaired) electrons. The molecule has 0 aliphatic heterocycles. The first-order valence-corrected chi connectivity index (χ1v) is 7.64. The van der Waals surface area contributed by atoms with Gasteiger partial charge in [-0.25, -0.2) is 4.57 Å². The summed E-state index contributed by atoms with van der Waals surface area (Å²) >= 11 is 0. The number of ketones is 1. The van der Waals surface area contributed by atoms with Crippen LogP contribution >= 0.6 is 0 Å². The van der Waals surface area contributed by atoms with Crippen LogP contribution in [0, 0.1) is 13.8 Å². The van der Waals surface area contributed by atoms with Crippen LogP contribution in [0.5, 0.6) is 0 Å². The van der Waals surface area contributed by atoms with Crippen molar-refractivity contribution in [1.82, 2.24) is 4.98 Å². The van der Waals surface area contributed by atoms with E-state index in [4.69, 9.17) is 0 Å².